The minimum Gasteiger partial charge on any atom is -0.365 e. The van der Waals surface area contributed by atoms with Gasteiger partial charge in [-0.15, -0.1) is 0 Å². The van der Waals surface area contributed by atoms with Crippen LogP contribution >= 0.6 is 0 Å². The van der Waals surface area contributed by atoms with E-state index in [-0.39, 0.29) is 12.5 Å². The predicted octanol–water partition coefficient (Wildman–Crippen LogP) is 2.53. The summed E-state index contributed by atoms with van der Waals surface area (Å²) in [5, 5.41) is 2.90. The fraction of sp³-hybridized carbons (Fsp3) is 0.235. The van der Waals surface area contributed by atoms with Crippen molar-refractivity contribution in [2.75, 3.05) is 23.8 Å². The fourth-order valence-electron chi connectivity index (χ4n) is 2.19. The van der Waals surface area contributed by atoms with Crippen molar-refractivity contribution in [2.45, 2.75) is 13.5 Å². The van der Waals surface area contributed by atoms with Crippen LogP contribution in [0.3, 0.4) is 0 Å². The molecule has 2 aromatic carbocycles. The Labute approximate surface area is 125 Å². The third-order valence-electron chi connectivity index (χ3n) is 3.34. The zero-order valence-corrected chi connectivity index (χ0v) is 12.5. The molecular weight excluding hydrogens is 262 g/mol. The van der Waals surface area contributed by atoms with E-state index in [9.17, 15) is 4.79 Å². The molecule has 0 spiro atoms. The molecule has 3 N–H and O–H groups in total. The standard InChI is InChI=1S/C17H21N3O/c1-13-7-9-15(10-8-13)19-17(21)12-20(2)16-6-4-3-5-14(16)11-18/h3-10H,11-12,18H2,1-2H3,(H,19,21). The van der Waals surface area contributed by atoms with Crippen molar-refractivity contribution >= 4 is 17.3 Å². The number of hydrogen-bond acceptors (Lipinski definition) is 3. The molecule has 4 heteroatoms. The molecule has 0 atom stereocenters. The summed E-state index contributed by atoms with van der Waals surface area (Å²) in [5.41, 5.74) is 9.73. The summed E-state index contributed by atoms with van der Waals surface area (Å²) in [5.74, 6) is -0.0480. The second-order valence-corrected chi connectivity index (χ2v) is 5.10. The minimum atomic E-state index is -0.0480. The van der Waals surface area contributed by atoms with Crippen molar-refractivity contribution in [1.82, 2.24) is 0 Å². The third-order valence-corrected chi connectivity index (χ3v) is 3.34. The van der Waals surface area contributed by atoms with Gasteiger partial charge in [0.05, 0.1) is 6.54 Å². The Hall–Kier alpha value is -2.33. The van der Waals surface area contributed by atoms with Crippen molar-refractivity contribution in [3.05, 3.63) is 59.7 Å². The first-order chi connectivity index (χ1) is 10.1. The number of amides is 1. The molecule has 0 radical (unpaired) electrons. The fourth-order valence-corrected chi connectivity index (χ4v) is 2.19. The second kappa shape index (κ2) is 6.90. The van der Waals surface area contributed by atoms with Crippen LogP contribution in [0, 0.1) is 6.92 Å². The van der Waals surface area contributed by atoms with Crippen molar-refractivity contribution in [3.8, 4) is 0 Å². The molecule has 2 aromatic rings. The van der Waals surface area contributed by atoms with E-state index < -0.39 is 0 Å². The first-order valence-electron chi connectivity index (χ1n) is 6.96. The first-order valence-corrected chi connectivity index (χ1v) is 6.96. The molecular formula is C17H21N3O. The summed E-state index contributed by atoms with van der Waals surface area (Å²) in [4.78, 5) is 14.0. The number of rotatable bonds is 5. The van der Waals surface area contributed by atoms with Gasteiger partial charge >= 0.3 is 0 Å². The van der Waals surface area contributed by atoms with Gasteiger partial charge in [0.25, 0.3) is 0 Å². The summed E-state index contributed by atoms with van der Waals surface area (Å²) >= 11 is 0. The first kappa shape index (κ1) is 15.1. The number of nitrogens with two attached hydrogens (primary N) is 1. The van der Waals surface area contributed by atoms with Crippen molar-refractivity contribution in [2.24, 2.45) is 5.73 Å². The number of nitrogens with one attached hydrogen (secondary N) is 1. The van der Waals surface area contributed by atoms with Crippen LogP contribution in [0.2, 0.25) is 0 Å². The predicted molar refractivity (Wildman–Crippen MR) is 87.4 cm³/mol. The Morgan fingerprint density at radius 1 is 1.14 bits per heavy atom. The normalized spacial score (nSPS) is 10.2. The third kappa shape index (κ3) is 4.07. The SMILES string of the molecule is Cc1ccc(NC(=O)CN(C)c2ccccc2CN)cc1. The molecule has 0 bridgehead atoms. The van der Waals surface area contributed by atoms with Crippen LogP contribution in [-0.2, 0) is 11.3 Å². The van der Waals surface area contributed by atoms with E-state index >= 15 is 0 Å². The number of carbonyl (C=O) groups excluding carboxylic acids is 1. The van der Waals surface area contributed by atoms with Gasteiger partial charge in [-0.05, 0) is 30.7 Å². The van der Waals surface area contributed by atoms with E-state index in [1.54, 1.807) is 0 Å². The summed E-state index contributed by atoms with van der Waals surface area (Å²) in [6.45, 7) is 2.76. The van der Waals surface area contributed by atoms with Gasteiger partial charge in [-0.1, -0.05) is 35.9 Å². The van der Waals surface area contributed by atoms with E-state index in [0.29, 0.717) is 6.54 Å². The Morgan fingerprint density at radius 3 is 2.48 bits per heavy atom. The summed E-state index contributed by atoms with van der Waals surface area (Å²) in [6, 6.07) is 15.6. The van der Waals surface area contributed by atoms with Gasteiger partial charge in [0.2, 0.25) is 5.91 Å². The number of nitrogens with zero attached hydrogens (tertiary/aromatic N) is 1. The van der Waals surface area contributed by atoms with Crippen molar-refractivity contribution in [1.29, 1.82) is 0 Å². The molecule has 0 aliphatic heterocycles. The number of likely N-dealkylation sites (N-methyl/N-ethyl adjacent to an activating group) is 1. The highest BCUT2D eigenvalue weighted by atomic mass is 16.2. The maximum atomic E-state index is 12.1. The molecule has 2 rings (SSSR count). The summed E-state index contributed by atoms with van der Waals surface area (Å²) in [6.07, 6.45) is 0. The molecule has 4 nitrogen and oxygen atoms in total. The molecule has 0 unspecified atom stereocenters. The van der Waals surface area contributed by atoms with E-state index in [0.717, 1.165) is 16.9 Å². The van der Waals surface area contributed by atoms with E-state index in [1.165, 1.54) is 5.56 Å². The average molecular weight is 283 g/mol. The lowest BCUT2D eigenvalue weighted by molar-refractivity contribution is -0.114. The number of para-hydroxylation sites is 1. The highest BCUT2D eigenvalue weighted by Crippen LogP contribution is 2.18. The van der Waals surface area contributed by atoms with Crippen LogP contribution < -0.4 is 16.0 Å². The maximum Gasteiger partial charge on any atom is 0.243 e. The largest absolute Gasteiger partial charge is 0.365 e. The average Bonchev–Trinajstić information content (AvgIpc) is 2.49. The lowest BCUT2D eigenvalue weighted by Gasteiger charge is -2.21. The Morgan fingerprint density at radius 2 is 1.81 bits per heavy atom. The zero-order valence-electron chi connectivity index (χ0n) is 12.5. The molecule has 110 valence electrons. The number of aryl methyl sites for hydroxylation is 1. The van der Waals surface area contributed by atoms with Crippen molar-refractivity contribution < 1.29 is 4.79 Å². The highest BCUT2D eigenvalue weighted by molar-refractivity contribution is 5.94. The molecule has 0 saturated heterocycles. The Kier molecular flexibility index (Phi) is 4.95. The summed E-state index contributed by atoms with van der Waals surface area (Å²) in [7, 11) is 1.89. The maximum absolute atomic E-state index is 12.1. The topological polar surface area (TPSA) is 58.4 Å². The Balaban J connectivity index is 2.00. The van der Waals surface area contributed by atoms with Gasteiger partial charge in [-0.25, -0.2) is 0 Å². The smallest absolute Gasteiger partial charge is 0.243 e. The number of benzene rings is 2. The van der Waals surface area contributed by atoms with Gasteiger partial charge in [0.15, 0.2) is 0 Å². The highest BCUT2D eigenvalue weighted by Gasteiger charge is 2.10. The van der Waals surface area contributed by atoms with Crippen LogP contribution in [0.15, 0.2) is 48.5 Å². The molecule has 0 fully saturated rings. The van der Waals surface area contributed by atoms with E-state index in [4.69, 9.17) is 5.73 Å². The van der Waals surface area contributed by atoms with E-state index in [2.05, 4.69) is 5.32 Å². The van der Waals surface area contributed by atoms with E-state index in [1.807, 2.05) is 67.4 Å². The van der Waals surface area contributed by atoms with Gasteiger partial charge in [0.1, 0.15) is 0 Å². The molecule has 0 aliphatic carbocycles. The van der Waals surface area contributed by atoms with Crippen LogP contribution in [0.1, 0.15) is 11.1 Å². The molecule has 1 amide bonds. The van der Waals surface area contributed by atoms with Gasteiger partial charge < -0.3 is 16.0 Å². The van der Waals surface area contributed by atoms with Crippen LogP contribution in [0.5, 0.6) is 0 Å². The van der Waals surface area contributed by atoms with Gasteiger partial charge in [-0.2, -0.15) is 0 Å². The van der Waals surface area contributed by atoms with Crippen molar-refractivity contribution in [3.63, 3.8) is 0 Å². The van der Waals surface area contributed by atoms with Crippen LogP contribution in [0.4, 0.5) is 11.4 Å². The molecule has 21 heavy (non-hydrogen) atoms. The number of hydrogen-bond donors (Lipinski definition) is 2. The zero-order chi connectivity index (χ0) is 15.2. The minimum absolute atomic E-state index is 0.0480. The Bertz CT molecular complexity index is 608. The molecule has 0 aromatic heterocycles. The second-order valence-electron chi connectivity index (χ2n) is 5.10. The van der Waals surface area contributed by atoms with Gasteiger partial charge in [0, 0.05) is 25.0 Å². The van der Waals surface area contributed by atoms with Crippen LogP contribution in [0.25, 0.3) is 0 Å². The lowest BCUT2D eigenvalue weighted by Crippen LogP contribution is -2.30. The number of carbonyl (C=O) groups is 1. The monoisotopic (exact) mass is 283 g/mol. The molecule has 0 aliphatic rings. The van der Waals surface area contributed by atoms with Gasteiger partial charge in [-0.3, -0.25) is 4.79 Å². The number of anilines is 2. The molecule has 0 saturated carbocycles. The summed E-state index contributed by atoms with van der Waals surface area (Å²) < 4.78 is 0. The lowest BCUT2D eigenvalue weighted by atomic mass is 10.1. The van der Waals surface area contributed by atoms with Crippen LogP contribution in [-0.4, -0.2) is 19.5 Å². The molecule has 0 heterocycles. The quantitative estimate of drug-likeness (QED) is 0.886.